The number of anilines is 3. The molecule has 0 amide bonds. The van der Waals surface area contributed by atoms with Crippen LogP contribution in [0.15, 0.2) is 158 Å². The summed E-state index contributed by atoms with van der Waals surface area (Å²) in [5.41, 5.74) is 3.87. The zero-order valence-electron chi connectivity index (χ0n) is 27.5. The fourth-order valence-electron chi connectivity index (χ4n) is 7.26. The first-order valence-electron chi connectivity index (χ1n) is 17.1. The highest BCUT2D eigenvalue weighted by atomic mass is 32.1. The van der Waals surface area contributed by atoms with E-state index in [2.05, 4.69) is 144 Å². The smallest absolute Gasteiger partial charge is 0.238 e. The zero-order valence-corrected chi connectivity index (χ0v) is 30.0. The lowest BCUT2D eigenvalue weighted by Gasteiger charge is -2.24. The Morgan fingerprint density at radius 2 is 0.750 bits per heavy atom. The number of fused-ring (bicyclic) bond motifs is 9. The molecule has 0 N–H and O–H groups in total. The molecule has 0 radical (unpaired) electrons. The van der Waals surface area contributed by atoms with Gasteiger partial charge in [0.15, 0.2) is 11.6 Å². The van der Waals surface area contributed by atoms with Crippen LogP contribution in [0.1, 0.15) is 0 Å². The number of benzene rings is 7. The van der Waals surface area contributed by atoms with Crippen molar-refractivity contribution in [3.8, 4) is 22.8 Å². The van der Waals surface area contributed by atoms with Crippen LogP contribution in [0.4, 0.5) is 17.3 Å². The molecule has 0 aliphatic rings. The molecule has 0 saturated carbocycles. The lowest BCUT2D eigenvalue weighted by molar-refractivity contribution is 1.02. The highest BCUT2D eigenvalue weighted by Gasteiger charge is 2.22. The van der Waals surface area contributed by atoms with Gasteiger partial charge in [0.25, 0.3) is 0 Å². The summed E-state index contributed by atoms with van der Waals surface area (Å²) in [6, 6.07) is 56.1. The summed E-state index contributed by atoms with van der Waals surface area (Å²) in [6.07, 6.45) is 0. The van der Waals surface area contributed by atoms with E-state index in [9.17, 15) is 0 Å². The van der Waals surface area contributed by atoms with E-state index in [1.807, 2.05) is 52.2 Å². The Morgan fingerprint density at radius 1 is 0.327 bits per heavy atom. The highest BCUT2D eigenvalue weighted by Crippen LogP contribution is 2.43. The van der Waals surface area contributed by atoms with Gasteiger partial charge < -0.3 is 0 Å². The van der Waals surface area contributed by atoms with Gasteiger partial charge in [-0.05, 0) is 72.8 Å². The van der Waals surface area contributed by atoms with Crippen LogP contribution in [0.2, 0.25) is 0 Å². The standard InChI is InChI=1S/C45H26N4S3/c1-2-10-27(11-3-1)43-46-44(28-18-21-40-34(24-28)31-12-4-7-15-37(31)50-40)48-45(47-43)49(29-19-22-41-35(25-29)32-13-5-8-16-38(32)51-41)30-20-23-42-36(26-30)33-14-6-9-17-39(33)52-42/h1-26H. The second-order valence-electron chi connectivity index (χ2n) is 12.9. The summed E-state index contributed by atoms with van der Waals surface area (Å²) < 4.78 is 7.57. The molecule has 52 heavy (non-hydrogen) atoms. The molecule has 0 spiro atoms. The Hall–Kier alpha value is -5.99. The summed E-state index contributed by atoms with van der Waals surface area (Å²) in [5, 5.41) is 7.40. The van der Waals surface area contributed by atoms with Crippen LogP contribution >= 0.6 is 34.0 Å². The normalized spacial score (nSPS) is 11.8. The van der Waals surface area contributed by atoms with Crippen molar-refractivity contribution in [2.45, 2.75) is 0 Å². The molecule has 0 aliphatic heterocycles. The quantitative estimate of drug-likeness (QED) is 0.178. The van der Waals surface area contributed by atoms with Gasteiger partial charge in [0.1, 0.15) is 0 Å². The SMILES string of the molecule is c1ccc(-c2nc(-c3ccc4sc5ccccc5c4c3)nc(N(c3ccc4sc5ccccc5c4c3)c3ccc4sc5ccccc5c4c3)n2)cc1. The van der Waals surface area contributed by atoms with Gasteiger partial charge in [0.05, 0.1) is 0 Å². The molecule has 244 valence electrons. The van der Waals surface area contributed by atoms with Crippen LogP contribution in [-0.2, 0) is 0 Å². The van der Waals surface area contributed by atoms with Crippen LogP contribution in [0.3, 0.4) is 0 Å². The van der Waals surface area contributed by atoms with Gasteiger partial charge in [-0.15, -0.1) is 34.0 Å². The molecular weight excluding hydrogens is 693 g/mol. The summed E-state index contributed by atoms with van der Waals surface area (Å²) in [7, 11) is 0. The van der Waals surface area contributed by atoms with E-state index < -0.39 is 0 Å². The molecule has 4 nitrogen and oxygen atoms in total. The van der Waals surface area contributed by atoms with Crippen LogP contribution < -0.4 is 4.90 Å². The lowest BCUT2D eigenvalue weighted by atomic mass is 10.1. The van der Waals surface area contributed by atoms with E-state index in [0.717, 1.165) is 22.5 Å². The number of thiophene rings is 3. The third-order valence-corrected chi connectivity index (χ3v) is 13.2. The van der Waals surface area contributed by atoms with Gasteiger partial charge in [-0.1, -0.05) is 84.9 Å². The van der Waals surface area contributed by atoms with E-state index in [4.69, 9.17) is 15.0 Å². The maximum atomic E-state index is 5.33. The molecule has 7 aromatic carbocycles. The zero-order chi connectivity index (χ0) is 34.2. The monoisotopic (exact) mass is 718 g/mol. The average Bonchev–Trinajstić information content (AvgIpc) is 3.89. The molecule has 0 atom stereocenters. The first-order valence-corrected chi connectivity index (χ1v) is 19.5. The third-order valence-electron chi connectivity index (χ3n) is 9.73. The van der Waals surface area contributed by atoms with Crippen molar-refractivity contribution in [1.29, 1.82) is 0 Å². The molecule has 0 saturated heterocycles. The molecule has 7 heteroatoms. The lowest BCUT2D eigenvalue weighted by Crippen LogP contribution is -2.15. The Bertz CT molecular complexity index is 3040. The fourth-order valence-corrected chi connectivity index (χ4v) is 10.5. The van der Waals surface area contributed by atoms with Gasteiger partial charge in [-0.2, -0.15) is 9.97 Å². The maximum Gasteiger partial charge on any atom is 0.238 e. The van der Waals surface area contributed by atoms with Gasteiger partial charge in [0, 0.05) is 83.0 Å². The third kappa shape index (κ3) is 4.82. The number of hydrogen-bond donors (Lipinski definition) is 0. The second-order valence-corrected chi connectivity index (χ2v) is 16.1. The highest BCUT2D eigenvalue weighted by molar-refractivity contribution is 7.26. The van der Waals surface area contributed by atoms with E-state index in [1.54, 1.807) is 0 Å². The number of hydrogen-bond acceptors (Lipinski definition) is 7. The minimum absolute atomic E-state index is 0.567. The van der Waals surface area contributed by atoms with Crippen LogP contribution in [0.5, 0.6) is 0 Å². The molecule has 0 fully saturated rings. The Morgan fingerprint density at radius 3 is 1.29 bits per heavy atom. The molecule has 11 aromatic rings. The topological polar surface area (TPSA) is 41.9 Å². The van der Waals surface area contributed by atoms with Gasteiger partial charge in [0.2, 0.25) is 5.95 Å². The maximum absolute atomic E-state index is 5.33. The molecule has 0 aliphatic carbocycles. The second kappa shape index (κ2) is 11.8. The minimum atomic E-state index is 0.567. The minimum Gasteiger partial charge on any atom is -0.279 e. The van der Waals surface area contributed by atoms with Crippen molar-refractivity contribution in [3.05, 3.63) is 158 Å². The van der Waals surface area contributed by atoms with Crippen molar-refractivity contribution in [3.63, 3.8) is 0 Å². The Labute approximate surface area is 310 Å². The molecule has 4 heterocycles. The van der Waals surface area contributed by atoms with Crippen molar-refractivity contribution < 1.29 is 0 Å². The molecule has 0 unspecified atom stereocenters. The summed E-state index contributed by atoms with van der Waals surface area (Å²) in [6.45, 7) is 0. The van der Waals surface area contributed by atoms with E-state index in [0.29, 0.717) is 17.6 Å². The number of nitrogens with zero attached hydrogens (tertiary/aromatic N) is 4. The Kier molecular flexibility index (Phi) is 6.73. The molecular formula is C45H26N4S3. The van der Waals surface area contributed by atoms with Crippen molar-refractivity contribution in [1.82, 2.24) is 15.0 Å². The first-order chi connectivity index (χ1) is 25.7. The van der Waals surface area contributed by atoms with Crippen molar-refractivity contribution in [2.24, 2.45) is 0 Å². The van der Waals surface area contributed by atoms with Gasteiger partial charge in [-0.25, -0.2) is 4.98 Å². The van der Waals surface area contributed by atoms with Crippen LogP contribution in [-0.4, -0.2) is 15.0 Å². The van der Waals surface area contributed by atoms with Crippen molar-refractivity contribution >= 4 is 112 Å². The molecule has 0 bridgehead atoms. The first kappa shape index (κ1) is 29.7. The summed E-state index contributed by atoms with van der Waals surface area (Å²) in [5.74, 6) is 1.83. The number of aromatic nitrogens is 3. The average molecular weight is 719 g/mol. The summed E-state index contributed by atoms with van der Waals surface area (Å²) in [4.78, 5) is 17.9. The van der Waals surface area contributed by atoms with Crippen molar-refractivity contribution in [2.75, 3.05) is 4.90 Å². The van der Waals surface area contributed by atoms with E-state index >= 15 is 0 Å². The van der Waals surface area contributed by atoms with Gasteiger partial charge in [-0.3, -0.25) is 4.90 Å². The van der Waals surface area contributed by atoms with Crippen LogP contribution in [0, 0.1) is 0 Å². The predicted molar refractivity (Wildman–Crippen MR) is 224 cm³/mol. The van der Waals surface area contributed by atoms with Crippen LogP contribution in [0.25, 0.3) is 83.3 Å². The summed E-state index contributed by atoms with van der Waals surface area (Å²) >= 11 is 5.46. The molecule has 11 rings (SSSR count). The fraction of sp³-hybridized carbons (Fsp3) is 0. The largest absolute Gasteiger partial charge is 0.279 e. The van der Waals surface area contributed by atoms with E-state index in [-0.39, 0.29) is 0 Å². The number of rotatable bonds is 5. The Balaban J connectivity index is 1.18. The van der Waals surface area contributed by atoms with E-state index in [1.165, 1.54) is 60.5 Å². The van der Waals surface area contributed by atoms with Gasteiger partial charge >= 0.3 is 0 Å². The molecule has 4 aromatic heterocycles. The predicted octanol–water partition coefficient (Wildman–Crippen LogP) is 13.8.